The smallest absolute Gasteiger partial charge is 0.253 e. The van der Waals surface area contributed by atoms with Crippen molar-refractivity contribution in [2.75, 3.05) is 37.6 Å². The Balaban J connectivity index is 1.60. The van der Waals surface area contributed by atoms with E-state index < -0.39 is 6.10 Å². The van der Waals surface area contributed by atoms with E-state index in [1.165, 1.54) is 0 Å². The lowest BCUT2D eigenvalue weighted by Gasteiger charge is -2.44. The zero-order valence-corrected chi connectivity index (χ0v) is 15.3. The summed E-state index contributed by atoms with van der Waals surface area (Å²) in [5.41, 5.74) is 7.89. The summed E-state index contributed by atoms with van der Waals surface area (Å²) < 4.78 is 5.95. The summed E-state index contributed by atoms with van der Waals surface area (Å²) in [7, 11) is 0. The number of hydrogen-bond acceptors (Lipinski definition) is 5. The molecular formula is C20H23N5O2. The second-order valence-corrected chi connectivity index (χ2v) is 7.30. The molecule has 0 radical (unpaired) electrons. The van der Waals surface area contributed by atoms with Gasteiger partial charge in [-0.05, 0) is 25.6 Å². The van der Waals surface area contributed by atoms with E-state index in [1.807, 2.05) is 30.0 Å². The van der Waals surface area contributed by atoms with Crippen LogP contribution in [-0.2, 0) is 9.53 Å². The molecule has 2 aliphatic heterocycles. The molecule has 140 valence electrons. The molecule has 1 aromatic heterocycles. The van der Waals surface area contributed by atoms with Gasteiger partial charge in [0, 0.05) is 42.8 Å². The molecule has 0 bridgehead atoms. The lowest BCUT2D eigenvalue weighted by atomic mass is 9.99. The van der Waals surface area contributed by atoms with Gasteiger partial charge in [-0.15, -0.1) is 0 Å². The van der Waals surface area contributed by atoms with Gasteiger partial charge < -0.3 is 20.3 Å². The number of morpholine rings is 1. The Morgan fingerprint density at radius 1 is 1.33 bits per heavy atom. The molecule has 0 aliphatic carbocycles. The fraction of sp³-hybridized carbons (Fsp3) is 0.450. The molecular weight excluding hydrogens is 342 g/mol. The number of hydrogen-bond donors (Lipinski definition) is 1. The number of pyridine rings is 1. The van der Waals surface area contributed by atoms with Crippen molar-refractivity contribution in [1.29, 1.82) is 0 Å². The molecule has 2 atom stereocenters. The van der Waals surface area contributed by atoms with Gasteiger partial charge in [0.25, 0.3) is 5.91 Å². The number of rotatable bonds is 3. The van der Waals surface area contributed by atoms with Crippen LogP contribution in [0.4, 0.5) is 11.4 Å². The maximum absolute atomic E-state index is 12.8. The lowest BCUT2D eigenvalue weighted by Crippen LogP contribution is -2.60. The number of likely N-dealkylation sites (tertiary alicyclic amines) is 1. The fourth-order valence-corrected chi connectivity index (χ4v) is 3.90. The highest BCUT2D eigenvalue weighted by Crippen LogP contribution is 2.34. The highest BCUT2D eigenvalue weighted by molar-refractivity contribution is 6.00. The van der Waals surface area contributed by atoms with Gasteiger partial charge in [-0.25, -0.2) is 4.85 Å². The van der Waals surface area contributed by atoms with Crippen LogP contribution in [0.5, 0.6) is 0 Å². The second-order valence-electron chi connectivity index (χ2n) is 7.30. The van der Waals surface area contributed by atoms with Gasteiger partial charge >= 0.3 is 0 Å². The Kier molecular flexibility index (Phi) is 4.68. The first-order chi connectivity index (χ1) is 13.1. The molecule has 1 amide bonds. The van der Waals surface area contributed by atoms with Gasteiger partial charge in [-0.2, -0.15) is 0 Å². The van der Waals surface area contributed by atoms with Crippen molar-refractivity contribution in [2.24, 2.45) is 11.7 Å². The normalized spacial score (nSPS) is 23.1. The third-order valence-electron chi connectivity index (χ3n) is 5.32. The molecule has 0 spiro atoms. The summed E-state index contributed by atoms with van der Waals surface area (Å²) in [5, 5.41) is 0.929. The molecule has 3 heterocycles. The summed E-state index contributed by atoms with van der Waals surface area (Å²) in [4.78, 5) is 24.8. The van der Waals surface area contributed by atoms with Gasteiger partial charge in [0.2, 0.25) is 5.69 Å². The summed E-state index contributed by atoms with van der Waals surface area (Å²) in [6.07, 6.45) is 1.15. The zero-order chi connectivity index (χ0) is 19.0. The molecule has 0 unspecified atom stereocenters. The topological polar surface area (TPSA) is 76.1 Å². The summed E-state index contributed by atoms with van der Waals surface area (Å²) >= 11 is 0. The molecule has 7 nitrogen and oxygen atoms in total. The van der Waals surface area contributed by atoms with Gasteiger partial charge in [-0.3, -0.25) is 9.78 Å². The van der Waals surface area contributed by atoms with Crippen molar-refractivity contribution in [3.63, 3.8) is 0 Å². The molecule has 27 heavy (non-hydrogen) atoms. The Labute approximate surface area is 158 Å². The van der Waals surface area contributed by atoms with Crippen LogP contribution < -0.4 is 10.6 Å². The molecule has 2 fully saturated rings. The van der Waals surface area contributed by atoms with Crippen molar-refractivity contribution < 1.29 is 9.53 Å². The number of ether oxygens (including phenoxy) is 1. The number of carbonyl (C=O) groups is 1. The van der Waals surface area contributed by atoms with Crippen molar-refractivity contribution in [2.45, 2.75) is 19.1 Å². The van der Waals surface area contributed by atoms with Crippen LogP contribution >= 0.6 is 0 Å². The Hall–Kier alpha value is -2.69. The summed E-state index contributed by atoms with van der Waals surface area (Å²) in [6, 6.07) is 7.60. The zero-order valence-electron chi connectivity index (χ0n) is 15.3. The molecule has 1 aromatic carbocycles. The van der Waals surface area contributed by atoms with Crippen LogP contribution in [0.1, 0.15) is 6.92 Å². The Morgan fingerprint density at radius 3 is 2.89 bits per heavy atom. The van der Waals surface area contributed by atoms with Crippen LogP contribution in [-0.4, -0.2) is 60.7 Å². The van der Waals surface area contributed by atoms with Crippen LogP contribution in [0.3, 0.4) is 0 Å². The second kappa shape index (κ2) is 7.14. The first-order valence-corrected chi connectivity index (χ1v) is 9.25. The summed E-state index contributed by atoms with van der Waals surface area (Å²) in [6.45, 7) is 12.6. The van der Waals surface area contributed by atoms with Crippen LogP contribution in [0, 0.1) is 12.5 Å². The minimum atomic E-state index is -0.486. The Morgan fingerprint density at radius 2 is 2.15 bits per heavy atom. The minimum absolute atomic E-state index is 0.0384. The maximum Gasteiger partial charge on any atom is 0.253 e. The highest BCUT2D eigenvalue weighted by Gasteiger charge is 2.38. The van der Waals surface area contributed by atoms with E-state index in [0.29, 0.717) is 36.8 Å². The number of benzene rings is 1. The molecule has 2 saturated heterocycles. The van der Waals surface area contributed by atoms with Gasteiger partial charge in [0.1, 0.15) is 0 Å². The lowest BCUT2D eigenvalue weighted by molar-refractivity contribution is -0.154. The molecule has 7 heteroatoms. The van der Waals surface area contributed by atoms with Crippen LogP contribution in [0.15, 0.2) is 30.5 Å². The average Bonchev–Trinajstić information content (AvgIpc) is 2.65. The van der Waals surface area contributed by atoms with E-state index in [2.05, 4.69) is 14.7 Å². The SMILES string of the molecule is [C-]#[N+]c1ccc(N2C[C@@H](C)O[C@@H](C(=O)N3CC(CN)C3)C2)c2cccnc12. The highest BCUT2D eigenvalue weighted by atomic mass is 16.5. The van der Waals surface area contributed by atoms with Crippen molar-refractivity contribution in [3.05, 3.63) is 41.9 Å². The molecule has 2 aliphatic rings. The Bertz CT molecular complexity index is 903. The molecule has 0 saturated carbocycles. The van der Waals surface area contributed by atoms with Crippen molar-refractivity contribution in [1.82, 2.24) is 9.88 Å². The van der Waals surface area contributed by atoms with E-state index in [4.69, 9.17) is 17.0 Å². The monoisotopic (exact) mass is 365 g/mol. The predicted molar refractivity (Wildman–Crippen MR) is 104 cm³/mol. The number of aromatic nitrogens is 1. The predicted octanol–water partition coefficient (Wildman–Crippen LogP) is 1.80. The largest absolute Gasteiger partial charge is 0.365 e. The molecule has 2 N–H and O–H groups in total. The third-order valence-corrected chi connectivity index (χ3v) is 5.32. The number of fused-ring (bicyclic) bond motifs is 1. The number of nitrogens with two attached hydrogens (primary N) is 1. The number of nitrogens with zero attached hydrogens (tertiary/aromatic N) is 4. The minimum Gasteiger partial charge on any atom is -0.365 e. The van der Waals surface area contributed by atoms with E-state index >= 15 is 0 Å². The first-order valence-electron chi connectivity index (χ1n) is 9.25. The quantitative estimate of drug-likeness (QED) is 0.840. The molecule has 4 rings (SSSR count). The standard InChI is InChI=1S/C20H23N5O2/c1-13-9-24(12-18(27-13)20(26)25-10-14(8-21)11-25)17-6-5-16(22-2)19-15(17)4-3-7-23-19/h3-7,13-14,18H,8-12,21H2,1H3/t13-,18-/m1/s1. The number of anilines is 1. The van der Waals surface area contributed by atoms with Crippen molar-refractivity contribution in [3.8, 4) is 0 Å². The van der Waals surface area contributed by atoms with Crippen LogP contribution in [0.2, 0.25) is 0 Å². The molecule has 2 aromatic rings. The van der Waals surface area contributed by atoms with Crippen LogP contribution in [0.25, 0.3) is 15.7 Å². The van der Waals surface area contributed by atoms with E-state index in [9.17, 15) is 4.79 Å². The maximum atomic E-state index is 12.8. The number of amides is 1. The fourth-order valence-electron chi connectivity index (χ4n) is 3.90. The third kappa shape index (κ3) is 3.22. The van der Waals surface area contributed by atoms with E-state index in [0.717, 1.165) is 24.2 Å². The van der Waals surface area contributed by atoms with Crippen molar-refractivity contribution >= 4 is 28.2 Å². The number of carbonyl (C=O) groups excluding carboxylic acids is 1. The average molecular weight is 365 g/mol. The van der Waals surface area contributed by atoms with Gasteiger partial charge in [-0.1, -0.05) is 12.1 Å². The van der Waals surface area contributed by atoms with E-state index in [1.54, 1.807) is 12.3 Å². The van der Waals surface area contributed by atoms with E-state index in [-0.39, 0.29) is 12.0 Å². The first kappa shape index (κ1) is 17.7. The summed E-state index contributed by atoms with van der Waals surface area (Å²) in [5.74, 6) is 0.443. The van der Waals surface area contributed by atoms with Gasteiger partial charge in [0.15, 0.2) is 6.10 Å². The van der Waals surface area contributed by atoms with Gasteiger partial charge in [0.05, 0.1) is 24.7 Å².